The lowest BCUT2D eigenvalue weighted by Gasteiger charge is -1.96. The van der Waals surface area contributed by atoms with Crippen molar-refractivity contribution in [1.29, 1.82) is 0 Å². The molecule has 0 fully saturated rings. The zero-order valence-corrected chi connectivity index (χ0v) is 7.73. The molecule has 1 nitrogen and oxygen atoms in total. The molecule has 0 atom stereocenters. The van der Waals surface area contributed by atoms with Crippen LogP contribution in [0.15, 0.2) is 12.7 Å². The summed E-state index contributed by atoms with van der Waals surface area (Å²) in [5.74, 6) is 0. The number of nitrogens with one attached hydrogen (secondary N) is 1. The van der Waals surface area contributed by atoms with Crippen molar-refractivity contribution in [3.63, 3.8) is 0 Å². The first-order valence-electron chi connectivity index (χ1n) is 3.73. The van der Waals surface area contributed by atoms with E-state index in [1.807, 2.05) is 6.08 Å². The third-order valence-electron chi connectivity index (χ3n) is 1.25. The minimum Gasteiger partial charge on any atom is -0.339 e. The van der Waals surface area contributed by atoms with Gasteiger partial charge in [0.05, 0.1) is 9.68 Å². The highest BCUT2D eigenvalue weighted by molar-refractivity contribution is 6.32. The van der Waals surface area contributed by atoms with E-state index in [1.54, 1.807) is 0 Å². The first-order chi connectivity index (χ1) is 4.41. The Kier molecular flexibility index (Phi) is 7.84. The molecule has 0 radical (unpaired) electrons. The van der Waals surface area contributed by atoms with E-state index in [1.165, 1.54) is 18.9 Å². The van der Waals surface area contributed by atoms with Crippen molar-refractivity contribution < 1.29 is 0 Å². The quantitative estimate of drug-likeness (QED) is 0.333. The van der Waals surface area contributed by atoms with Crippen LogP contribution in [0.25, 0.3) is 0 Å². The summed E-state index contributed by atoms with van der Waals surface area (Å²) in [7, 11) is 0.0681. The van der Waals surface area contributed by atoms with Crippen molar-refractivity contribution in [2.75, 3.05) is 6.54 Å². The molecule has 0 saturated heterocycles. The van der Waals surface area contributed by atoms with Gasteiger partial charge in [0.15, 0.2) is 0 Å². The van der Waals surface area contributed by atoms with Crippen molar-refractivity contribution in [3.8, 4) is 0 Å². The predicted molar refractivity (Wildman–Crippen MR) is 46.5 cm³/mol. The van der Waals surface area contributed by atoms with Crippen LogP contribution in [0.2, 0.25) is 6.04 Å². The topological polar surface area (TPSA) is 12.0 Å². The summed E-state index contributed by atoms with van der Waals surface area (Å²) in [6, 6.07) is 1.43. The maximum atomic E-state index is 3.64. The lowest BCUT2D eigenvalue weighted by Crippen LogP contribution is -2.18. The molecule has 0 aliphatic rings. The van der Waals surface area contributed by atoms with Gasteiger partial charge in [-0.15, -0.1) is 6.58 Å². The van der Waals surface area contributed by atoms with Gasteiger partial charge in [-0.3, -0.25) is 0 Å². The molecule has 1 N–H and O–H groups in total. The highest BCUT2D eigenvalue weighted by Gasteiger charge is 1.83. The van der Waals surface area contributed by atoms with Crippen LogP contribution in [0.1, 0.15) is 19.8 Å². The largest absolute Gasteiger partial charge is 0.339 e. The van der Waals surface area contributed by atoms with E-state index in [4.69, 9.17) is 0 Å². The fraction of sp³-hybridized carbons (Fsp3) is 0.714. The van der Waals surface area contributed by atoms with E-state index in [0.29, 0.717) is 0 Å². The van der Waals surface area contributed by atoms with Crippen LogP contribution in [0, 0.1) is 0 Å². The smallest absolute Gasteiger partial charge is 0.0919 e. The normalized spacial score (nSPS) is 10.8. The second-order valence-electron chi connectivity index (χ2n) is 2.20. The van der Waals surface area contributed by atoms with Crippen LogP contribution >= 0.6 is 0 Å². The molecule has 2 heteroatoms. The number of hydrogen-bond acceptors (Lipinski definition) is 1. The van der Waals surface area contributed by atoms with Gasteiger partial charge >= 0.3 is 0 Å². The van der Waals surface area contributed by atoms with Crippen LogP contribution in [0.3, 0.4) is 0 Å². The fourth-order valence-electron chi connectivity index (χ4n) is 0.704. The van der Waals surface area contributed by atoms with E-state index in [2.05, 4.69) is 18.5 Å². The van der Waals surface area contributed by atoms with Gasteiger partial charge in [-0.25, -0.2) is 0 Å². The average Bonchev–Trinajstić information content (AvgIpc) is 1.89. The van der Waals surface area contributed by atoms with Gasteiger partial charge < -0.3 is 4.98 Å². The van der Waals surface area contributed by atoms with Crippen LogP contribution in [0.4, 0.5) is 0 Å². The molecule has 0 unspecified atom stereocenters. The van der Waals surface area contributed by atoms with Crippen molar-refractivity contribution >= 4 is 9.68 Å². The molecule has 0 amide bonds. The molecule has 0 aromatic carbocycles. The summed E-state index contributed by atoms with van der Waals surface area (Å²) in [6.07, 6.45) is 4.66. The van der Waals surface area contributed by atoms with Crippen LogP contribution < -0.4 is 4.98 Å². The highest BCUT2D eigenvalue weighted by Crippen LogP contribution is 1.90. The van der Waals surface area contributed by atoms with Crippen LogP contribution in [0.5, 0.6) is 0 Å². The number of unbranched alkanes of at least 4 members (excludes halogenated alkanes) is 1. The Bertz CT molecular complexity index is 63.9. The zero-order chi connectivity index (χ0) is 6.95. The van der Waals surface area contributed by atoms with E-state index in [0.717, 1.165) is 6.54 Å². The summed E-state index contributed by atoms with van der Waals surface area (Å²) in [5.41, 5.74) is 0. The first kappa shape index (κ1) is 8.92. The van der Waals surface area contributed by atoms with Crippen molar-refractivity contribution in [2.45, 2.75) is 25.8 Å². The molecule has 0 saturated carbocycles. The molecular weight excluding hydrogens is 126 g/mol. The number of rotatable bonds is 6. The van der Waals surface area contributed by atoms with Gasteiger partial charge in [0.1, 0.15) is 0 Å². The van der Waals surface area contributed by atoms with Crippen molar-refractivity contribution in [2.24, 2.45) is 0 Å². The monoisotopic (exact) mass is 143 g/mol. The van der Waals surface area contributed by atoms with E-state index in [-0.39, 0.29) is 9.68 Å². The maximum Gasteiger partial charge on any atom is 0.0919 e. The van der Waals surface area contributed by atoms with Gasteiger partial charge in [-0.1, -0.05) is 25.8 Å². The summed E-state index contributed by atoms with van der Waals surface area (Å²) in [5, 5.41) is 0. The molecule has 0 aromatic heterocycles. The molecule has 0 bridgehead atoms. The minimum absolute atomic E-state index is 0.0681. The van der Waals surface area contributed by atoms with Gasteiger partial charge in [-0.2, -0.15) is 0 Å². The van der Waals surface area contributed by atoms with Gasteiger partial charge in [0, 0.05) is 6.54 Å². The van der Waals surface area contributed by atoms with E-state index >= 15 is 0 Å². The van der Waals surface area contributed by atoms with Gasteiger partial charge in [0.25, 0.3) is 0 Å². The van der Waals surface area contributed by atoms with Crippen molar-refractivity contribution in [1.82, 2.24) is 4.98 Å². The predicted octanol–water partition coefficient (Wildman–Crippen LogP) is 1.06. The molecule has 0 heterocycles. The van der Waals surface area contributed by atoms with Crippen LogP contribution in [-0.2, 0) is 0 Å². The molecule has 0 spiro atoms. The Morgan fingerprint density at radius 1 is 1.67 bits per heavy atom. The Labute approximate surface area is 60.4 Å². The third-order valence-corrected chi connectivity index (χ3v) is 2.74. The Morgan fingerprint density at radius 3 is 3.00 bits per heavy atom. The maximum absolute atomic E-state index is 3.64. The van der Waals surface area contributed by atoms with E-state index < -0.39 is 0 Å². The lowest BCUT2D eigenvalue weighted by molar-refractivity contribution is 0.869. The molecule has 54 valence electrons. The lowest BCUT2D eigenvalue weighted by atomic mass is 10.4. The van der Waals surface area contributed by atoms with Crippen molar-refractivity contribution in [3.05, 3.63) is 12.7 Å². The van der Waals surface area contributed by atoms with Crippen LogP contribution in [-0.4, -0.2) is 16.2 Å². The molecule has 0 aliphatic heterocycles. The third kappa shape index (κ3) is 7.92. The summed E-state index contributed by atoms with van der Waals surface area (Å²) in [6.45, 7) is 6.89. The van der Waals surface area contributed by atoms with E-state index in [9.17, 15) is 0 Å². The molecule has 0 rings (SSSR count). The Balaban J connectivity index is 2.66. The fourth-order valence-corrected chi connectivity index (χ4v) is 2.11. The summed E-state index contributed by atoms with van der Waals surface area (Å²) in [4.78, 5) is 3.39. The highest BCUT2D eigenvalue weighted by atomic mass is 28.2. The second kappa shape index (κ2) is 7.92. The number of hydrogen-bond donors (Lipinski definition) is 1. The summed E-state index contributed by atoms with van der Waals surface area (Å²) >= 11 is 0. The zero-order valence-electron chi connectivity index (χ0n) is 6.32. The standard InChI is InChI=1S/C7H17NSi/c1-3-5-7-9-8-6-4-2/h4,8H,2-3,5-7,9H2,1H3. The van der Waals surface area contributed by atoms with Gasteiger partial charge in [0.2, 0.25) is 0 Å². The SMILES string of the molecule is C=CCN[SiH2]CCCC. The molecule has 0 aliphatic carbocycles. The summed E-state index contributed by atoms with van der Waals surface area (Å²) < 4.78 is 0. The Morgan fingerprint density at radius 2 is 2.44 bits per heavy atom. The minimum atomic E-state index is 0.0681. The van der Waals surface area contributed by atoms with Gasteiger partial charge in [-0.05, 0) is 6.04 Å². The molecular formula is C7H17NSi. The first-order valence-corrected chi connectivity index (χ1v) is 5.44. The molecule has 0 aromatic rings. The Hall–Kier alpha value is -0.0831. The average molecular weight is 143 g/mol. The molecule has 9 heavy (non-hydrogen) atoms. The second-order valence-corrected chi connectivity index (χ2v) is 3.91.